The summed E-state index contributed by atoms with van der Waals surface area (Å²) in [5.41, 5.74) is 1.26. The molecule has 29 heavy (non-hydrogen) atoms. The molecule has 0 saturated carbocycles. The van der Waals surface area contributed by atoms with E-state index in [0.717, 1.165) is 50.3 Å². The summed E-state index contributed by atoms with van der Waals surface area (Å²) in [6.07, 6.45) is 0. The van der Waals surface area contributed by atoms with E-state index in [0.29, 0.717) is 0 Å². The SMILES string of the molecule is CCNC(=NCCS(=O)(=O)C(C)(C)C)N1CCN(Cc2ccc(Cl)cc2)CC1.I. The Hall–Kier alpha value is -0.580. The zero-order valence-electron chi connectivity index (χ0n) is 17.8. The Balaban J connectivity index is 0.00000420. The van der Waals surface area contributed by atoms with Crippen molar-refractivity contribution >= 4 is 51.4 Å². The molecule has 1 aliphatic heterocycles. The summed E-state index contributed by atoms with van der Waals surface area (Å²) in [7, 11) is -3.16. The first kappa shape index (κ1) is 26.5. The quantitative estimate of drug-likeness (QED) is 0.331. The number of halogens is 2. The Kier molecular flexibility index (Phi) is 10.7. The first-order valence-corrected chi connectivity index (χ1v) is 11.9. The summed E-state index contributed by atoms with van der Waals surface area (Å²) in [6.45, 7) is 12.8. The number of guanidine groups is 1. The van der Waals surface area contributed by atoms with Gasteiger partial charge in [-0.1, -0.05) is 23.7 Å². The molecular formula is C20H34ClIN4O2S. The number of sulfone groups is 1. The topological polar surface area (TPSA) is 65.0 Å². The van der Waals surface area contributed by atoms with Crippen LogP contribution in [0.3, 0.4) is 0 Å². The monoisotopic (exact) mass is 556 g/mol. The van der Waals surface area contributed by atoms with Crippen molar-refractivity contribution in [3.63, 3.8) is 0 Å². The van der Waals surface area contributed by atoms with E-state index in [1.54, 1.807) is 20.8 Å². The van der Waals surface area contributed by atoms with E-state index < -0.39 is 14.6 Å². The second-order valence-electron chi connectivity index (χ2n) is 8.06. The standard InChI is InChI=1S/C20H33ClN4O2S.HI/c1-5-22-19(23-10-15-28(26,27)20(2,3)4)25-13-11-24(12-14-25)16-17-6-8-18(21)9-7-17;/h6-9H,5,10-16H2,1-4H3,(H,22,23);1H. The fourth-order valence-electron chi connectivity index (χ4n) is 2.97. The van der Waals surface area contributed by atoms with Crippen molar-refractivity contribution in [1.29, 1.82) is 0 Å². The van der Waals surface area contributed by atoms with Gasteiger partial charge in [0.1, 0.15) is 0 Å². The number of rotatable bonds is 6. The Bertz CT molecular complexity index is 756. The Morgan fingerprint density at radius 1 is 1.14 bits per heavy atom. The molecule has 0 bridgehead atoms. The molecule has 0 aromatic heterocycles. The van der Waals surface area contributed by atoms with Crippen molar-refractivity contribution in [3.05, 3.63) is 34.9 Å². The van der Waals surface area contributed by atoms with Gasteiger partial charge in [-0.25, -0.2) is 8.42 Å². The van der Waals surface area contributed by atoms with Crippen molar-refractivity contribution in [3.8, 4) is 0 Å². The molecule has 166 valence electrons. The fourth-order valence-corrected chi connectivity index (χ4v) is 4.04. The van der Waals surface area contributed by atoms with Crippen molar-refractivity contribution in [2.75, 3.05) is 45.0 Å². The van der Waals surface area contributed by atoms with E-state index in [2.05, 4.69) is 32.2 Å². The lowest BCUT2D eigenvalue weighted by atomic mass is 10.2. The third kappa shape index (κ3) is 8.22. The van der Waals surface area contributed by atoms with Crippen LogP contribution < -0.4 is 5.32 Å². The molecule has 1 aromatic rings. The lowest BCUT2D eigenvalue weighted by molar-refractivity contribution is 0.172. The maximum atomic E-state index is 12.3. The third-order valence-electron chi connectivity index (χ3n) is 4.88. The molecule has 1 fully saturated rings. The highest BCUT2D eigenvalue weighted by atomic mass is 127. The highest BCUT2D eigenvalue weighted by Crippen LogP contribution is 2.16. The minimum atomic E-state index is -3.16. The second kappa shape index (κ2) is 11.7. The zero-order chi connectivity index (χ0) is 20.8. The van der Waals surface area contributed by atoms with Gasteiger partial charge in [0.2, 0.25) is 0 Å². The van der Waals surface area contributed by atoms with Gasteiger partial charge >= 0.3 is 0 Å². The van der Waals surface area contributed by atoms with Gasteiger partial charge in [-0.3, -0.25) is 9.89 Å². The molecule has 0 amide bonds. The van der Waals surface area contributed by atoms with E-state index >= 15 is 0 Å². The number of hydrogen-bond donors (Lipinski definition) is 1. The van der Waals surface area contributed by atoms with Crippen LogP contribution in [-0.4, -0.2) is 73.9 Å². The summed E-state index contributed by atoms with van der Waals surface area (Å²) in [5.74, 6) is 0.875. The van der Waals surface area contributed by atoms with Crippen molar-refractivity contribution in [2.45, 2.75) is 39.0 Å². The predicted octanol–water partition coefficient (Wildman–Crippen LogP) is 3.25. The Morgan fingerprint density at radius 3 is 2.24 bits per heavy atom. The van der Waals surface area contributed by atoms with Crippen LogP contribution in [0, 0.1) is 0 Å². The minimum Gasteiger partial charge on any atom is -0.357 e. The molecular weight excluding hydrogens is 523 g/mol. The summed E-state index contributed by atoms with van der Waals surface area (Å²) in [6, 6.07) is 7.98. The van der Waals surface area contributed by atoms with E-state index in [1.807, 2.05) is 19.1 Å². The van der Waals surface area contributed by atoms with Gasteiger partial charge in [-0.2, -0.15) is 0 Å². The maximum absolute atomic E-state index is 12.3. The van der Waals surface area contributed by atoms with Crippen LogP contribution in [0.1, 0.15) is 33.3 Å². The lowest BCUT2D eigenvalue weighted by Crippen LogP contribution is -2.52. The van der Waals surface area contributed by atoms with E-state index in [-0.39, 0.29) is 36.3 Å². The van der Waals surface area contributed by atoms with Crippen LogP contribution in [0.5, 0.6) is 0 Å². The first-order valence-electron chi connectivity index (χ1n) is 9.85. The van der Waals surface area contributed by atoms with Crippen molar-refractivity contribution in [1.82, 2.24) is 15.1 Å². The van der Waals surface area contributed by atoms with Crippen molar-refractivity contribution < 1.29 is 8.42 Å². The van der Waals surface area contributed by atoms with Crippen LogP contribution >= 0.6 is 35.6 Å². The van der Waals surface area contributed by atoms with Crippen LogP contribution in [0.25, 0.3) is 0 Å². The number of hydrogen-bond acceptors (Lipinski definition) is 4. The van der Waals surface area contributed by atoms with Crippen LogP contribution in [-0.2, 0) is 16.4 Å². The number of nitrogens with zero attached hydrogens (tertiary/aromatic N) is 3. The van der Waals surface area contributed by atoms with Crippen molar-refractivity contribution in [2.24, 2.45) is 4.99 Å². The van der Waals surface area contributed by atoms with Gasteiger partial charge in [0.25, 0.3) is 0 Å². The van der Waals surface area contributed by atoms with Gasteiger partial charge < -0.3 is 10.2 Å². The maximum Gasteiger partial charge on any atom is 0.194 e. The number of benzene rings is 1. The molecule has 2 rings (SSSR count). The molecule has 1 aromatic carbocycles. The average molecular weight is 557 g/mol. The van der Waals surface area contributed by atoms with E-state index in [9.17, 15) is 8.42 Å². The molecule has 1 saturated heterocycles. The smallest absolute Gasteiger partial charge is 0.194 e. The first-order chi connectivity index (χ1) is 13.1. The third-order valence-corrected chi connectivity index (χ3v) is 7.72. The van der Waals surface area contributed by atoms with Crippen LogP contribution in [0.15, 0.2) is 29.3 Å². The van der Waals surface area contributed by atoms with Gasteiger partial charge in [-0.05, 0) is 45.4 Å². The Morgan fingerprint density at radius 2 is 1.72 bits per heavy atom. The molecule has 1 N–H and O–H groups in total. The molecule has 0 unspecified atom stereocenters. The molecule has 0 radical (unpaired) electrons. The number of nitrogens with one attached hydrogen (secondary N) is 1. The molecule has 9 heteroatoms. The van der Waals surface area contributed by atoms with E-state index in [1.165, 1.54) is 5.56 Å². The number of aliphatic imine (C=N–C) groups is 1. The van der Waals surface area contributed by atoms with Gasteiger partial charge in [0.15, 0.2) is 15.8 Å². The van der Waals surface area contributed by atoms with Gasteiger partial charge in [0, 0.05) is 44.3 Å². The lowest BCUT2D eigenvalue weighted by Gasteiger charge is -2.36. The second-order valence-corrected chi connectivity index (χ2v) is 11.4. The zero-order valence-corrected chi connectivity index (χ0v) is 21.7. The predicted molar refractivity (Wildman–Crippen MR) is 133 cm³/mol. The van der Waals surface area contributed by atoms with Gasteiger partial charge in [-0.15, -0.1) is 24.0 Å². The molecule has 0 aliphatic carbocycles. The average Bonchev–Trinajstić information content (AvgIpc) is 2.63. The molecule has 0 atom stereocenters. The molecule has 1 heterocycles. The fraction of sp³-hybridized carbons (Fsp3) is 0.650. The summed E-state index contributed by atoms with van der Waals surface area (Å²) >= 11 is 5.95. The highest BCUT2D eigenvalue weighted by molar-refractivity contribution is 14.0. The van der Waals surface area contributed by atoms with Crippen LogP contribution in [0.4, 0.5) is 0 Å². The minimum absolute atomic E-state index is 0. The van der Waals surface area contributed by atoms with E-state index in [4.69, 9.17) is 11.6 Å². The summed E-state index contributed by atoms with van der Waals surface area (Å²) < 4.78 is 23.8. The summed E-state index contributed by atoms with van der Waals surface area (Å²) in [5, 5.41) is 4.05. The van der Waals surface area contributed by atoms with Crippen LogP contribution in [0.2, 0.25) is 5.02 Å². The molecule has 6 nitrogen and oxygen atoms in total. The Labute approximate surface area is 198 Å². The largest absolute Gasteiger partial charge is 0.357 e. The summed E-state index contributed by atoms with van der Waals surface area (Å²) in [4.78, 5) is 9.20. The molecule has 1 aliphatic rings. The normalized spacial score (nSPS) is 16.4. The highest BCUT2D eigenvalue weighted by Gasteiger charge is 2.28. The van der Waals surface area contributed by atoms with Gasteiger partial charge in [0.05, 0.1) is 17.0 Å². The number of piperazine rings is 1. The molecule has 0 spiro atoms.